The molecule has 1 heterocycles. The molecule has 24 heavy (non-hydrogen) atoms. The minimum Gasteiger partial charge on any atom is -0.317 e. The van der Waals surface area contributed by atoms with Gasteiger partial charge in [-0.25, -0.2) is 13.4 Å². The normalized spacial score (nSPS) is 12.2. The number of hydrogen-bond donors (Lipinski definition) is 0. The number of aromatic nitrogens is 2. The number of rotatable bonds is 8. The molecule has 0 spiro atoms. The number of nitrogens with zero attached hydrogens (tertiary/aromatic N) is 3. The smallest absolute Gasteiger partial charge is 0.227 e. The Morgan fingerprint density at radius 2 is 1.88 bits per heavy atom. The minimum atomic E-state index is -3.32. The zero-order chi connectivity index (χ0) is 17.7. The number of imidazole rings is 1. The lowest BCUT2D eigenvalue weighted by molar-refractivity contribution is 0.315. The summed E-state index contributed by atoms with van der Waals surface area (Å²) in [5.74, 6) is 0.355. The van der Waals surface area contributed by atoms with Crippen molar-refractivity contribution in [2.45, 2.75) is 38.5 Å². The Hall–Kier alpha value is -1.66. The van der Waals surface area contributed by atoms with Crippen LogP contribution in [0.4, 0.5) is 0 Å². The third-order valence-electron chi connectivity index (χ3n) is 3.84. The fraction of sp³-hybridized carbons (Fsp3) is 0.500. The fourth-order valence-corrected chi connectivity index (χ4v) is 3.53. The third-order valence-corrected chi connectivity index (χ3v) is 4.83. The highest BCUT2D eigenvalue weighted by Gasteiger charge is 2.20. The lowest BCUT2D eigenvalue weighted by atomic mass is 10.1. The van der Waals surface area contributed by atoms with Gasteiger partial charge < -0.3 is 9.47 Å². The molecule has 0 saturated carbocycles. The first-order chi connectivity index (χ1) is 11.3. The molecule has 0 N–H and O–H groups in total. The van der Waals surface area contributed by atoms with Gasteiger partial charge in [0.15, 0.2) is 0 Å². The van der Waals surface area contributed by atoms with Crippen molar-refractivity contribution >= 4 is 9.84 Å². The van der Waals surface area contributed by atoms with Crippen LogP contribution in [0.15, 0.2) is 41.7 Å². The van der Waals surface area contributed by atoms with Crippen LogP contribution in [-0.2, 0) is 29.3 Å². The van der Waals surface area contributed by atoms with Crippen LogP contribution < -0.4 is 0 Å². The van der Waals surface area contributed by atoms with E-state index in [1.165, 1.54) is 11.8 Å². The van der Waals surface area contributed by atoms with Crippen LogP contribution in [0.3, 0.4) is 0 Å². The maximum absolute atomic E-state index is 11.9. The van der Waals surface area contributed by atoms with Crippen LogP contribution in [0.1, 0.15) is 25.1 Å². The molecule has 0 unspecified atom stereocenters. The molecular formula is C18H27N3O2S. The Kier molecular flexibility index (Phi) is 6.18. The molecule has 2 rings (SSSR count). The summed E-state index contributed by atoms with van der Waals surface area (Å²) in [7, 11) is -1.26. The van der Waals surface area contributed by atoms with Crippen molar-refractivity contribution in [3.05, 3.63) is 47.8 Å². The van der Waals surface area contributed by atoms with Gasteiger partial charge in [-0.2, -0.15) is 0 Å². The molecule has 0 saturated heterocycles. The molecular weight excluding hydrogens is 322 g/mol. The van der Waals surface area contributed by atoms with Gasteiger partial charge >= 0.3 is 0 Å². The predicted molar refractivity (Wildman–Crippen MR) is 96.7 cm³/mol. The Bertz CT molecular complexity index is 752. The van der Waals surface area contributed by atoms with Crippen LogP contribution in [0, 0.1) is 5.92 Å². The molecule has 5 nitrogen and oxygen atoms in total. The van der Waals surface area contributed by atoms with Crippen molar-refractivity contribution in [2.24, 2.45) is 5.92 Å². The molecule has 0 atom stereocenters. The maximum atomic E-state index is 11.9. The summed E-state index contributed by atoms with van der Waals surface area (Å²) in [6, 6.07) is 10.4. The molecule has 2 aromatic rings. The molecule has 0 aliphatic heterocycles. The van der Waals surface area contributed by atoms with E-state index in [0.717, 1.165) is 18.7 Å². The largest absolute Gasteiger partial charge is 0.317 e. The second kappa shape index (κ2) is 7.94. The number of sulfone groups is 1. The van der Waals surface area contributed by atoms with Crippen LogP contribution >= 0.6 is 0 Å². The van der Waals surface area contributed by atoms with Crippen molar-refractivity contribution in [1.29, 1.82) is 0 Å². The second-order valence-electron chi connectivity index (χ2n) is 6.78. The molecule has 1 aromatic heterocycles. The van der Waals surface area contributed by atoms with E-state index in [2.05, 4.69) is 42.9 Å². The lowest BCUT2D eigenvalue weighted by Gasteiger charge is -2.19. The van der Waals surface area contributed by atoms with Crippen molar-refractivity contribution in [3.8, 4) is 0 Å². The standard InChI is InChI=1S/C18H27N3O2S/c1-15(2)13-21-17(12-19-18(21)24(4,22)23)14-20(3)11-10-16-8-6-5-7-9-16/h5-9,12,15H,10-11,13-14H2,1-4H3. The van der Waals surface area contributed by atoms with Crippen molar-refractivity contribution in [3.63, 3.8) is 0 Å². The van der Waals surface area contributed by atoms with Gasteiger partial charge in [-0.15, -0.1) is 0 Å². The highest BCUT2D eigenvalue weighted by atomic mass is 32.2. The Balaban J connectivity index is 2.09. The molecule has 0 radical (unpaired) electrons. The van der Waals surface area contributed by atoms with E-state index >= 15 is 0 Å². The van der Waals surface area contributed by atoms with Crippen molar-refractivity contribution in [2.75, 3.05) is 19.8 Å². The van der Waals surface area contributed by atoms with Gasteiger partial charge in [-0.1, -0.05) is 44.2 Å². The molecule has 0 aliphatic carbocycles. The van der Waals surface area contributed by atoms with E-state index in [4.69, 9.17) is 0 Å². The summed E-state index contributed by atoms with van der Waals surface area (Å²) in [6.07, 6.45) is 3.88. The summed E-state index contributed by atoms with van der Waals surface area (Å²) in [5, 5.41) is 0.169. The zero-order valence-electron chi connectivity index (χ0n) is 14.9. The summed E-state index contributed by atoms with van der Waals surface area (Å²) >= 11 is 0. The topological polar surface area (TPSA) is 55.2 Å². The van der Waals surface area contributed by atoms with Gasteiger partial charge in [-0.05, 0) is 24.9 Å². The summed E-state index contributed by atoms with van der Waals surface area (Å²) in [5.41, 5.74) is 2.25. The molecule has 1 aromatic carbocycles. The summed E-state index contributed by atoms with van der Waals surface area (Å²) in [4.78, 5) is 6.36. The SMILES string of the molecule is CC(C)Cn1c(CN(C)CCc2ccccc2)cnc1S(C)(=O)=O. The first-order valence-corrected chi connectivity index (χ1v) is 10.1. The molecule has 0 aliphatic rings. The van der Waals surface area contributed by atoms with E-state index in [9.17, 15) is 8.42 Å². The first-order valence-electron chi connectivity index (χ1n) is 8.24. The highest BCUT2D eigenvalue weighted by Crippen LogP contribution is 2.16. The van der Waals surface area contributed by atoms with Crippen LogP contribution in [-0.4, -0.2) is 42.7 Å². The summed E-state index contributed by atoms with van der Waals surface area (Å²) in [6.45, 7) is 6.40. The predicted octanol–water partition coefficient (Wildman–Crippen LogP) is 2.62. The maximum Gasteiger partial charge on any atom is 0.227 e. The first kappa shape index (κ1) is 18.7. The lowest BCUT2D eigenvalue weighted by Crippen LogP contribution is -2.24. The van der Waals surface area contributed by atoms with Gasteiger partial charge in [0.05, 0.1) is 11.9 Å². The fourth-order valence-electron chi connectivity index (χ4n) is 2.69. The average molecular weight is 350 g/mol. The number of benzene rings is 1. The van der Waals surface area contributed by atoms with Crippen LogP contribution in [0.5, 0.6) is 0 Å². The van der Waals surface area contributed by atoms with E-state index in [1.54, 1.807) is 6.20 Å². The quantitative estimate of drug-likeness (QED) is 0.735. The highest BCUT2D eigenvalue weighted by molar-refractivity contribution is 7.90. The van der Waals surface area contributed by atoms with Gasteiger partial charge in [0.2, 0.25) is 15.0 Å². The number of hydrogen-bond acceptors (Lipinski definition) is 4. The van der Waals surface area contributed by atoms with Gasteiger partial charge in [0.1, 0.15) is 0 Å². The van der Waals surface area contributed by atoms with Gasteiger partial charge in [0.25, 0.3) is 0 Å². The molecule has 132 valence electrons. The van der Waals surface area contributed by atoms with E-state index in [1.807, 2.05) is 22.8 Å². The molecule has 0 fully saturated rings. The van der Waals surface area contributed by atoms with E-state index in [0.29, 0.717) is 19.0 Å². The van der Waals surface area contributed by atoms with Crippen LogP contribution in [0.2, 0.25) is 0 Å². The van der Waals surface area contributed by atoms with Crippen LogP contribution in [0.25, 0.3) is 0 Å². The van der Waals surface area contributed by atoms with Gasteiger partial charge in [0, 0.05) is 25.9 Å². The Morgan fingerprint density at radius 1 is 1.21 bits per heavy atom. The number of likely N-dealkylation sites (N-methyl/N-ethyl adjacent to an activating group) is 1. The molecule has 0 amide bonds. The summed E-state index contributed by atoms with van der Waals surface area (Å²) < 4.78 is 25.7. The van der Waals surface area contributed by atoms with E-state index in [-0.39, 0.29) is 5.16 Å². The molecule has 0 bridgehead atoms. The van der Waals surface area contributed by atoms with Crippen molar-refractivity contribution in [1.82, 2.24) is 14.5 Å². The Labute approximate surface area is 145 Å². The second-order valence-corrected chi connectivity index (χ2v) is 8.69. The minimum absolute atomic E-state index is 0.169. The van der Waals surface area contributed by atoms with Gasteiger partial charge in [-0.3, -0.25) is 0 Å². The van der Waals surface area contributed by atoms with E-state index < -0.39 is 9.84 Å². The average Bonchev–Trinajstić information content (AvgIpc) is 2.88. The Morgan fingerprint density at radius 3 is 2.46 bits per heavy atom. The molecule has 6 heteroatoms. The van der Waals surface area contributed by atoms with Crippen molar-refractivity contribution < 1.29 is 8.42 Å². The third kappa shape index (κ3) is 5.18. The zero-order valence-corrected chi connectivity index (χ0v) is 15.8. The monoisotopic (exact) mass is 349 g/mol.